The van der Waals surface area contributed by atoms with Crippen LogP contribution in [0.4, 0.5) is 0 Å². The van der Waals surface area contributed by atoms with Gasteiger partial charge in [0.1, 0.15) is 0 Å². The highest BCUT2D eigenvalue weighted by molar-refractivity contribution is 5.75. The van der Waals surface area contributed by atoms with Gasteiger partial charge < -0.3 is 0 Å². The summed E-state index contributed by atoms with van der Waals surface area (Å²) in [7, 11) is 0. The molecule has 0 fully saturated rings. The zero-order valence-electron chi connectivity index (χ0n) is 8.35. The van der Waals surface area contributed by atoms with Crippen molar-refractivity contribution >= 4 is 8.41 Å². The van der Waals surface area contributed by atoms with Crippen LogP contribution in [0, 0.1) is 11.8 Å². The second-order valence-corrected chi connectivity index (χ2v) is 2.98. The standard InChI is InChI=1S/C14H10.B/c1-3-7-13(8-4-1)11-12-14-9-5-2-6-10-14;/h1-10H;. The molecular weight excluding hydrogens is 179 g/mol. The van der Waals surface area contributed by atoms with E-state index in [1.807, 2.05) is 60.7 Å². The summed E-state index contributed by atoms with van der Waals surface area (Å²) in [6.45, 7) is 0. The van der Waals surface area contributed by atoms with Gasteiger partial charge in [-0.15, -0.1) is 0 Å². The molecule has 0 nitrogen and oxygen atoms in total. The molecule has 2 aromatic carbocycles. The Balaban J connectivity index is 0.00000112. The van der Waals surface area contributed by atoms with E-state index in [-0.39, 0.29) is 8.41 Å². The summed E-state index contributed by atoms with van der Waals surface area (Å²) in [6, 6.07) is 20.0. The highest BCUT2D eigenvalue weighted by Gasteiger charge is 1.83. The van der Waals surface area contributed by atoms with E-state index in [0.29, 0.717) is 0 Å². The van der Waals surface area contributed by atoms with Crippen LogP contribution in [0.1, 0.15) is 11.1 Å². The molecule has 0 spiro atoms. The fraction of sp³-hybridized carbons (Fsp3) is 0. The third kappa shape index (κ3) is 3.36. The number of benzene rings is 2. The quantitative estimate of drug-likeness (QED) is 0.441. The van der Waals surface area contributed by atoms with Crippen molar-refractivity contribution in [3.63, 3.8) is 0 Å². The van der Waals surface area contributed by atoms with Crippen LogP contribution in [-0.4, -0.2) is 8.41 Å². The van der Waals surface area contributed by atoms with Crippen molar-refractivity contribution in [1.82, 2.24) is 0 Å². The van der Waals surface area contributed by atoms with Gasteiger partial charge in [-0.3, -0.25) is 0 Å². The Morgan fingerprint density at radius 1 is 0.533 bits per heavy atom. The lowest BCUT2D eigenvalue weighted by atomic mass is 10.2. The van der Waals surface area contributed by atoms with Crippen LogP contribution in [0.5, 0.6) is 0 Å². The molecule has 0 amide bonds. The van der Waals surface area contributed by atoms with Gasteiger partial charge in [-0.05, 0) is 24.3 Å². The highest BCUT2D eigenvalue weighted by atomic mass is 13.9. The Labute approximate surface area is 92.5 Å². The summed E-state index contributed by atoms with van der Waals surface area (Å²) in [4.78, 5) is 0. The molecule has 3 radical (unpaired) electrons. The lowest BCUT2D eigenvalue weighted by molar-refractivity contribution is 1.62. The van der Waals surface area contributed by atoms with Gasteiger partial charge in [0.05, 0.1) is 0 Å². The molecule has 0 aliphatic rings. The topological polar surface area (TPSA) is 0 Å². The number of hydrogen-bond donors (Lipinski definition) is 0. The van der Waals surface area contributed by atoms with Crippen molar-refractivity contribution < 1.29 is 0 Å². The van der Waals surface area contributed by atoms with Gasteiger partial charge in [-0.25, -0.2) is 0 Å². The van der Waals surface area contributed by atoms with Gasteiger partial charge in [0.2, 0.25) is 0 Å². The summed E-state index contributed by atoms with van der Waals surface area (Å²) >= 11 is 0. The Hall–Kier alpha value is -1.94. The first-order valence-corrected chi connectivity index (χ1v) is 4.57. The van der Waals surface area contributed by atoms with E-state index >= 15 is 0 Å². The summed E-state index contributed by atoms with van der Waals surface area (Å²) in [6.07, 6.45) is 0. The first-order chi connectivity index (χ1) is 6.95. The van der Waals surface area contributed by atoms with Crippen molar-refractivity contribution in [1.29, 1.82) is 0 Å². The number of hydrogen-bond acceptors (Lipinski definition) is 0. The lowest BCUT2D eigenvalue weighted by Gasteiger charge is -1.88. The summed E-state index contributed by atoms with van der Waals surface area (Å²) in [5.41, 5.74) is 2.10. The largest absolute Gasteiger partial charge is 0.0622 e. The van der Waals surface area contributed by atoms with Crippen molar-refractivity contribution in [3.8, 4) is 11.8 Å². The van der Waals surface area contributed by atoms with E-state index in [1.54, 1.807) is 0 Å². The second kappa shape index (κ2) is 5.72. The Bertz CT molecular complexity index is 405. The summed E-state index contributed by atoms with van der Waals surface area (Å²) in [5, 5.41) is 0. The molecule has 0 heterocycles. The molecule has 0 aromatic heterocycles. The van der Waals surface area contributed by atoms with Crippen LogP contribution < -0.4 is 0 Å². The summed E-state index contributed by atoms with van der Waals surface area (Å²) < 4.78 is 0. The fourth-order valence-corrected chi connectivity index (χ4v) is 1.19. The Morgan fingerprint density at radius 3 is 1.20 bits per heavy atom. The van der Waals surface area contributed by atoms with E-state index in [0.717, 1.165) is 11.1 Å². The van der Waals surface area contributed by atoms with Crippen LogP contribution in [-0.2, 0) is 0 Å². The van der Waals surface area contributed by atoms with E-state index in [2.05, 4.69) is 11.8 Å². The van der Waals surface area contributed by atoms with Gasteiger partial charge in [0.15, 0.2) is 0 Å². The molecule has 0 aliphatic carbocycles. The third-order valence-corrected chi connectivity index (χ3v) is 1.90. The third-order valence-electron chi connectivity index (χ3n) is 1.90. The van der Waals surface area contributed by atoms with E-state index < -0.39 is 0 Å². The van der Waals surface area contributed by atoms with Crippen LogP contribution in [0.2, 0.25) is 0 Å². The Kier molecular flexibility index (Phi) is 4.25. The minimum Gasteiger partial charge on any atom is -0.0622 e. The molecule has 0 aliphatic heterocycles. The van der Waals surface area contributed by atoms with Gasteiger partial charge in [0.25, 0.3) is 0 Å². The molecule has 2 rings (SSSR count). The van der Waals surface area contributed by atoms with Crippen LogP contribution in [0.15, 0.2) is 60.7 Å². The average molecular weight is 189 g/mol. The van der Waals surface area contributed by atoms with Crippen molar-refractivity contribution in [3.05, 3.63) is 71.8 Å². The van der Waals surface area contributed by atoms with Gasteiger partial charge in [0, 0.05) is 19.5 Å². The first kappa shape index (κ1) is 11.1. The maximum Gasteiger partial charge on any atom is 0.0249 e. The smallest absolute Gasteiger partial charge is 0.0249 e. The number of rotatable bonds is 0. The molecule has 69 valence electrons. The van der Waals surface area contributed by atoms with Crippen molar-refractivity contribution in [2.24, 2.45) is 0 Å². The summed E-state index contributed by atoms with van der Waals surface area (Å²) in [5.74, 6) is 6.22. The molecule has 15 heavy (non-hydrogen) atoms. The first-order valence-electron chi connectivity index (χ1n) is 4.57. The molecular formula is C14H10B. The maximum absolute atomic E-state index is 3.11. The highest BCUT2D eigenvalue weighted by Crippen LogP contribution is 1.98. The zero-order chi connectivity index (χ0) is 9.64. The molecule has 0 unspecified atom stereocenters. The molecule has 0 saturated carbocycles. The van der Waals surface area contributed by atoms with Crippen LogP contribution in [0.25, 0.3) is 0 Å². The predicted molar refractivity (Wildman–Crippen MR) is 64.6 cm³/mol. The molecule has 0 saturated heterocycles. The Morgan fingerprint density at radius 2 is 0.867 bits per heavy atom. The van der Waals surface area contributed by atoms with Gasteiger partial charge >= 0.3 is 0 Å². The second-order valence-electron chi connectivity index (χ2n) is 2.98. The van der Waals surface area contributed by atoms with E-state index in [4.69, 9.17) is 0 Å². The predicted octanol–water partition coefficient (Wildman–Crippen LogP) is 2.71. The molecule has 0 N–H and O–H groups in total. The van der Waals surface area contributed by atoms with Crippen LogP contribution in [0.3, 0.4) is 0 Å². The molecule has 0 bridgehead atoms. The minimum absolute atomic E-state index is 0. The lowest BCUT2D eigenvalue weighted by Crippen LogP contribution is -1.73. The normalized spacial score (nSPS) is 8.27. The van der Waals surface area contributed by atoms with Gasteiger partial charge in [-0.1, -0.05) is 48.2 Å². The van der Waals surface area contributed by atoms with E-state index in [9.17, 15) is 0 Å². The van der Waals surface area contributed by atoms with E-state index in [1.165, 1.54) is 0 Å². The van der Waals surface area contributed by atoms with Crippen molar-refractivity contribution in [2.45, 2.75) is 0 Å². The maximum atomic E-state index is 3.11. The molecule has 2 aromatic rings. The fourth-order valence-electron chi connectivity index (χ4n) is 1.19. The zero-order valence-corrected chi connectivity index (χ0v) is 8.35. The average Bonchev–Trinajstić information content (AvgIpc) is 2.29. The SMILES string of the molecule is C(#Cc1ccccc1)c1ccccc1.[B]. The van der Waals surface area contributed by atoms with Crippen LogP contribution >= 0.6 is 0 Å². The molecule has 0 atom stereocenters. The molecule has 1 heteroatoms. The monoisotopic (exact) mass is 189 g/mol. The van der Waals surface area contributed by atoms with Gasteiger partial charge in [-0.2, -0.15) is 0 Å². The van der Waals surface area contributed by atoms with Crippen molar-refractivity contribution in [2.75, 3.05) is 0 Å². The minimum atomic E-state index is 0.